The Hall–Kier alpha value is -3.67. The van der Waals surface area contributed by atoms with Crippen molar-refractivity contribution in [2.75, 3.05) is 12.4 Å². The normalized spacial score (nSPS) is 10.7. The van der Waals surface area contributed by atoms with E-state index in [1.54, 1.807) is 62.0 Å². The summed E-state index contributed by atoms with van der Waals surface area (Å²) in [4.78, 5) is 20.8. The molecule has 0 spiro atoms. The highest BCUT2D eigenvalue weighted by Crippen LogP contribution is 2.25. The highest BCUT2D eigenvalue weighted by Gasteiger charge is 2.10. The van der Waals surface area contributed by atoms with Crippen molar-refractivity contribution in [3.63, 3.8) is 0 Å². The third-order valence-corrected chi connectivity index (χ3v) is 3.91. The zero-order valence-electron chi connectivity index (χ0n) is 14.0. The van der Waals surface area contributed by atoms with Crippen LogP contribution < -0.4 is 10.1 Å². The lowest BCUT2D eigenvalue weighted by Gasteiger charge is -2.07. The van der Waals surface area contributed by atoms with Gasteiger partial charge in [-0.1, -0.05) is 6.07 Å². The lowest BCUT2D eigenvalue weighted by Crippen LogP contribution is -2.11. The Morgan fingerprint density at radius 2 is 1.96 bits per heavy atom. The van der Waals surface area contributed by atoms with Crippen molar-refractivity contribution in [3.8, 4) is 17.2 Å². The molecule has 6 heteroatoms. The summed E-state index contributed by atoms with van der Waals surface area (Å²) < 4.78 is 10.9. The number of rotatable bonds is 4. The number of hydrogen-bond acceptors (Lipinski definition) is 5. The smallest absolute Gasteiger partial charge is 0.255 e. The SMILES string of the molecule is COc1cccc(C(=O)Nc2ccc(-c3nc4cnccc4o3)cc2)c1. The molecule has 0 fully saturated rings. The van der Waals surface area contributed by atoms with Crippen molar-refractivity contribution in [3.05, 3.63) is 72.6 Å². The summed E-state index contributed by atoms with van der Waals surface area (Å²) in [5.74, 6) is 0.946. The van der Waals surface area contributed by atoms with Gasteiger partial charge in [-0.15, -0.1) is 0 Å². The zero-order valence-corrected chi connectivity index (χ0v) is 14.0. The van der Waals surface area contributed by atoms with Gasteiger partial charge in [0.05, 0.1) is 13.3 Å². The number of carbonyl (C=O) groups is 1. The number of hydrogen-bond donors (Lipinski definition) is 1. The lowest BCUT2D eigenvalue weighted by atomic mass is 10.1. The van der Waals surface area contributed by atoms with E-state index in [-0.39, 0.29) is 5.91 Å². The molecule has 0 radical (unpaired) electrons. The summed E-state index contributed by atoms with van der Waals surface area (Å²) in [7, 11) is 1.57. The number of aromatic nitrogens is 2. The molecule has 4 aromatic rings. The van der Waals surface area contributed by atoms with Crippen LogP contribution in [0, 0.1) is 0 Å². The van der Waals surface area contributed by atoms with Crippen molar-refractivity contribution >= 4 is 22.7 Å². The van der Waals surface area contributed by atoms with Gasteiger partial charge in [-0.05, 0) is 42.5 Å². The van der Waals surface area contributed by atoms with Crippen LogP contribution in [0.1, 0.15) is 10.4 Å². The topological polar surface area (TPSA) is 77.2 Å². The molecule has 2 heterocycles. The fourth-order valence-corrected chi connectivity index (χ4v) is 2.57. The maximum Gasteiger partial charge on any atom is 0.255 e. The molecule has 0 aliphatic heterocycles. The molecule has 0 saturated carbocycles. The van der Waals surface area contributed by atoms with Gasteiger partial charge in [-0.3, -0.25) is 9.78 Å². The minimum atomic E-state index is -0.204. The predicted molar refractivity (Wildman–Crippen MR) is 98.2 cm³/mol. The first-order chi connectivity index (χ1) is 12.7. The number of benzene rings is 2. The van der Waals surface area contributed by atoms with Crippen molar-refractivity contribution in [1.82, 2.24) is 9.97 Å². The highest BCUT2D eigenvalue weighted by atomic mass is 16.5. The Morgan fingerprint density at radius 3 is 2.73 bits per heavy atom. The molecule has 6 nitrogen and oxygen atoms in total. The summed E-state index contributed by atoms with van der Waals surface area (Å²) in [5.41, 5.74) is 3.42. The number of nitrogens with one attached hydrogen (secondary N) is 1. The van der Waals surface area contributed by atoms with Crippen LogP contribution in [0.3, 0.4) is 0 Å². The maximum absolute atomic E-state index is 12.4. The number of amides is 1. The van der Waals surface area contributed by atoms with E-state index in [4.69, 9.17) is 9.15 Å². The average molecular weight is 345 g/mol. The summed E-state index contributed by atoms with van der Waals surface area (Å²) in [5, 5.41) is 2.86. The summed E-state index contributed by atoms with van der Waals surface area (Å²) in [6, 6.07) is 16.1. The summed E-state index contributed by atoms with van der Waals surface area (Å²) in [6.45, 7) is 0. The number of pyridine rings is 1. The van der Waals surface area contributed by atoms with Crippen LogP contribution in [-0.4, -0.2) is 23.0 Å². The van der Waals surface area contributed by atoms with Gasteiger partial charge in [-0.25, -0.2) is 4.98 Å². The first kappa shape index (κ1) is 15.8. The van der Waals surface area contributed by atoms with Crippen LogP contribution in [0.5, 0.6) is 5.75 Å². The van der Waals surface area contributed by atoms with Crippen molar-refractivity contribution in [2.45, 2.75) is 0 Å². The maximum atomic E-state index is 12.4. The van der Waals surface area contributed by atoms with E-state index in [2.05, 4.69) is 15.3 Å². The van der Waals surface area contributed by atoms with E-state index >= 15 is 0 Å². The Labute approximate surface area is 149 Å². The van der Waals surface area contributed by atoms with E-state index in [9.17, 15) is 4.79 Å². The first-order valence-electron chi connectivity index (χ1n) is 7.99. The van der Waals surface area contributed by atoms with E-state index in [0.717, 1.165) is 5.56 Å². The molecule has 2 aromatic heterocycles. The number of carbonyl (C=O) groups excluding carboxylic acids is 1. The molecular weight excluding hydrogens is 330 g/mol. The summed E-state index contributed by atoms with van der Waals surface area (Å²) in [6.07, 6.45) is 3.32. The quantitative estimate of drug-likeness (QED) is 0.601. The van der Waals surface area contributed by atoms with Crippen molar-refractivity contribution in [1.29, 1.82) is 0 Å². The minimum absolute atomic E-state index is 0.204. The van der Waals surface area contributed by atoms with Crippen LogP contribution in [0.2, 0.25) is 0 Å². The van der Waals surface area contributed by atoms with Gasteiger partial charge in [0.1, 0.15) is 11.3 Å². The van der Waals surface area contributed by atoms with Crippen LogP contribution >= 0.6 is 0 Å². The monoisotopic (exact) mass is 345 g/mol. The molecule has 0 atom stereocenters. The highest BCUT2D eigenvalue weighted by molar-refractivity contribution is 6.04. The van der Waals surface area contributed by atoms with Crippen molar-refractivity contribution < 1.29 is 13.9 Å². The Balaban J connectivity index is 1.53. The fourth-order valence-electron chi connectivity index (χ4n) is 2.57. The Kier molecular flexibility index (Phi) is 4.07. The minimum Gasteiger partial charge on any atom is -0.497 e. The lowest BCUT2D eigenvalue weighted by molar-refractivity contribution is 0.102. The molecule has 0 aliphatic rings. The van der Waals surface area contributed by atoms with Crippen LogP contribution in [0.4, 0.5) is 5.69 Å². The molecule has 128 valence electrons. The van der Waals surface area contributed by atoms with Gasteiger partial charge >= 0.3 is 0 Å². The number of ether oxygens (including phenoxy) is 1. The molecule has 0 bridgehead atoms. The van der Waals surface area contributed by atoms with Crippen LogP contribution in [0.15, 0.2) is 71.4 Å². The van der Waals surface area contributed by atoms with E-state index in [1.807, 2.05) is 12.1 Å². The van der Waals surface area contributed by atoms with Gasteiger partial charge < -0.3 is 14.5 Å². The number of fused-ring (bicyclic) bond motifs is 1. The molecule has 0 aliphatic carbocycles. The van der Waals surface area contributed by atoms with Crippen LogP contribution in [0.25, 0.3) is 22.6 Å². The molecule has 4 rings (SSSR count). The molecule has 26 heavy (non-hydrogen) atoms. The van der Waals surface area contributed by atoms with Gasteiger partial charge in [-0.2, -0.15) is 0 Å². The molecule has 0 saturated heterocycles. The Bertz CT molecular complexity index is 1040. The van der Waals surface area contributed by atoms with E-state index in [0.29, 0.717) is 34.0 Å². The second-order valence-electron chi connectivity index (χ2n) is 5.63. The first-order valence-corrected chi connectivity index (χ1v) is 7.99. The third kappa shape index (κ3) is 3.12. The fraction of sp³-hybridized carbons (Fsp3) is 0.0500. The zero-order chi connectivity index (χ0) is 17.9. The van der Waals surface area contributed by atoms with Crippen LogP contribution in [-0.2, 0) is 0 Å². The second-order valence-corrected chi connectivity index (χ2v) is 5.63. The largest absolute Gasteiger partial charge is 0.497 e. The van der Waals surface area contributed by atoms with E-state index < -0.39 is 0 Å². The molecular formula is C20H15N3O3. The standard InChI is InChI=1S/C20H15N3O3/c1-25-16-4-2-3-14(11-16)19(24)22-15-7-5-13(6-8-15)20-23-17-12-21-10-9-18(17)26-20/h2-12H,1H3,(H,22,24). The Morgan fingerprint density at radius 1 is 1.12 bits per heavy atom. The summed E-state index contributed by atoms with van der Waals surface area (Å²) >= 11 is 0. The van der Waals surface area contributed by atoms with Gasteiger partial charge in [0.15, 0.2) is 5.58 Å². The van der Waals surface area contributed by atoms with Crippen molar-refractivity contribution in [2.24, 2.45) is 0 Å². The van der Waals surface area contributed by atoms with Gasteiger partial charge in [0, 0.05) is 29.1 Å². The molecule has 1 N–H and O–H groups in total. The van der Waals surface area contributed by atoms with Gasteiger partial charge in [0.2, 0.25) is 5.89 Å². The predicted octanol–water partition coefficient (Wildman–Crippen LogP) is 4.15. The number of anilines is 1. The molecule has 0 unspecified atom stereocenters. The number of methoxy groups -OCH3 is 1. The van der Waals surface area contributed by atoms with E-state index in [1.165, 1.54) is 0 Å². The van der Waals surface area contributed by atoms with Gasteiger partial charge in [0.25, 0.3) is 5.91 Å². The number of oxazole rings is 1. The molecule has 1 amide bonds. The number of nitrogens with zero attached hydrogens (tertiary/aromatic N) is 2. The average Bonchev–Trinajstić information content (AvgIpc) is 3.13. The second kappa shape index (κ2) is 6.68. The molecule has 2 aromatic carbocycles. The third-order valence-electron chi connectivity index (χ3n) is 3.91.